The largest absolute Gasteiger partial charge is 0.351 e. The van der Waals surface area contributed by atoms with E-state index in [2.05, 4.69) is 40.6 Å². The van der Waals surface area contributed by atoms with Crippen molar-refractivity contribution >= 4 is 28.4 Å². The summed E-state index contributed by atoms with van der Waals surface area (Å²) < 4.78 is 0. The average molecular weight is 414 g/mol. The molecule has 1 atom stereocenters. The van der Waals surface area contributed by atoms with Crippen LogP contribution in [-0.4, -0.2) is 21.4 Å². The maximum atomic E-state index is 12.6. The van der Waals surface area contributed by atoms with Crippen molar-refractivity contribution < 1.29 is 4.79 Å². The molecule has 1 amide bonds. The second-order valence-electron chi connectivity index (χ2n) is 7.23. The summed E-state index contributed by atoms with van der Waals surface area (Å²) in [6, 6.07) is 26.3. The number of aromatic nitrogens is 2. The van der Waals surface area contributed by atoms with Gasteiger partial charge in [0.15, 0.2) is 0 Å². The van der Waals surface area contributed by atoms with Gasteiger partial charge in [-0.3, -0.25) is 4.79 Å². The molecular weight excluding hydrogens is 390 g/mol. The number of hydrogen-bond donors (Lipinski definition) is 1. The molecule has 4 aromatic rings. The molecule has 0 radical (unpaired) electrons. The Morgan fingerprint density at radius 2 is 1.57 bits per heavy atom. The van der Waals surface area contributed by atoms with Crippen molar-refractivity contribution in [3.8, 4) is 11.3 Å². The van der Waals surface area contributed by atoms with Crippen LogP contribution in [0.25, 0.3) is 22.0 Å². The molecule has 0 aliphatic heterocycles. The summed E-state index contributed by atoms with van der Waals surface area (Å²) in [4.78, 5) is 12.6. The van der Waals surface area contributed by atoms with Gasteiger partial charge in [-0.25, -0.2) is 0 Å². The highest BCUT2D eigenvalue weighted by Gasteiger charge is 2.18. The minimum absolute atomic E-state index is 0.0152. The van der Waals surface area contributed by atoms with Crippen molar-refractivity contribution in [3.63, 3.8) is 0 Å². The van der Waals surface area contributed by atoms with Crippen LogP contribution in [0, 0.1) is 6.92 Å². The van der Waals surface area contributed by atoms with Crippen LogP contribution >= 0.6 is 11.8 Å². The molecule has 1 N–H and O–H groups in total. The Kier molecular flexibility index (Phi) is 6.10. The molecular formula is C25H23N3OS. The number of hydrogen-bond acceptors (Lipinski definition) is 4. The molecule has 30 heavy (non-hydrogen) atoms. The molecule has 0 spiro atoms. The van der Waals surface area contributed by atoms with E-state index >= 15 is 0 Å². The first-order valence-electron chi connectivity index (χ1n) is 9.92. The van der Waals surface area contributed by atoms with Gasteiger partial charge in [0, 0.05) is 22.9 Å². The normalized spacial score (nSPS) is 11.9. The molecule has 1 aromatic heterocycles. The first-order chi connectivity index (χ1) is 14.6. The number of benzene rings is 3. The van der Waals surface area contributed by atoms with E-state index in [1.54, 1.807) is 0 Å². The van der Waals surface area contributed by atoms with E-state index in [1.807, 2.05) is 67.6 Å². The number of carbonyl (C=O) groups is 1. The van der Waals surface area contributed by atoms with Crippen LogP contribution in [-0.2, 0) is 11.3 Å². The summed E-state index contributed by atoms with van der Waals surface area (Å²) in [5, 5.41) is 14.5. The monoisotopic (exact) mass is 413 g/mol. The second kappa shape index (κ2) is 9.09. The van der Waals surface area contributed by atoms with E-state index in [9.17, 15) is 4.79 Å². The minimum atomic E-state index is -0.282. The van der Waals surface area contributed by atoms with Gasteiger partial charge < -0.3 is 5.32 Å². The average Bonchev–Trinajstić information content (AvgIpc) is 2.79. The zero-order chi connectivity index (χ0) is 20.9. The van der Waals surface area contributed by atoms with Gasteiger partial charge in [0.2, 0.25) is 5.91 Å². The van der Waals surface area contributed by atoms with E-state index in [0.717, 1.165) is 32.6 Å². The van der Waals surface area contributed by atoms with Crippen molar-refractivity contribution in [1.29, 1.82) is 0 Å². The maximum absolute atomic E-state index is 12.6. The zero-order valence-electron chi connectivity index (χ0n) is 17.0. The van der Waals surface area contributed by atoms with E-state index in [0.29, 0.717) is 6.54 Å². The lowest BCUT2D eigenvalue weighted by Crippen LogP contribution is -2.30. The molecule has 4 nitrogen and oxygen atoms in total. The predicted octanol–water partition coefficient (Wildman–Crippen LogP) is 5.40. The lowest BCUT2D eigenvalue weighted by atomic mass is 10.1. The van der Waals surface area contributed by atoms with Crippen molar-refractivity contribution in [1.82, 2.24) is 15.5 Å². The van der Waals surface area contributed by atoms with Crippen molar-refractivity contribution in [2.75, 3.05) is 0 Å². The minimum Gasteiger partial charge on any atom is -0.351 e. The molecule has 1 heterocycles. The molecule has 0 fully saturated rings. The predicted molar refractivity (Wildman–Crippen MR) is 123 cm³/mol. The number of carbonyl (C=O) groups excluding carboxylic acids is 1. The standard InChI is InChI=1S/C25H23N3OS/c1-17-12-14-19(15-13-17)16-26-24(29)18(2)30-25-22-11-7-6-10-21(22)23(27-28-25)20-8-4-3-5-9-20/h3-15,18H,16H2,1-2H3,(H,26,29)/t18-/m1/s1. The highest BCUT2D eigenvalue weighted by molar-refractivity contribution is 8.00. The van der Waals surface area contributed by atoms with Gasteiger partial charge >= 0.3 is 0 Å². The molecule has 0 bridgehead atoms. The third-order valence-electron chi connectivity index (χ3n) is 4.95. The van der Waals surface area contributed by atoms with E-state index in [1.165, 1.54) is 17.3 Å². The third-order valence-corrected chi connectivity index (χ3v) is 6.04. The fraction of sp³-hybridized carbons (Fsp3) is 0.160. The molecule has 0 unspecified atom stereocenters. The molecule has 5 heteroatoms. The first-order valence-corrected chi connectivity index (χ1v) is 10.8. The summed E-state index contributed by atoms with van der Waals surface area (Å²) in [6.07, 6.45) is 0. The Bertz CT molecular complexity index is 1160. The molecule has 0 aliphatic carbocycles. The van der Waals surface area contributed by atoms with Crippen LogP contribution in [0.2, 0.25) is 0 Å². The number of nitrogens with zero attached hydrogens (tertiary/aromatic N) is 2. The van der Waals surface area contributed by atoms with Crippen LogP contribution < -0.4 is 5.32 Å². The number of amides is 1. The van der Waals surface area contributed by atoms with Gasteiger partial charge in [-0.05, 0) is 19.4 Å². The molecule has 0 saturated heterocycles. The van der Waals surface area contributed by atoms with Crippen molar-refractivity contribution in [2.24, 2.45) is 0 Å². The molecule has 150 valence electrons. The number of rotatable bonds is 6. The Morgan fingerprint density at radius 1 is 0.900 bits per heavy atom. The quantitative estimate of drug-likeness (QED) is 0.430. The van der Waals surface area contributed by atoms with Crippen LogP contribution in [0.3, 0.4) is 0 Å². The third kappa shape index (κ3) is 4.52. The number of aryl methyl sites for hydroxylation is 1. The van der Waals surface area contributed by atoms with E-state index in [4.69, 9.17) is 0 Å². The maximum Gasteiger partial charge on any atom is 0.233 e. The Hall–Kier alpha value is -3.18. The van der Waals surface area contributed by atoms with Crippen molar-refractivity contribution in [3.05, 3.63) is 90.0 Å². The number of nitrogens with one attached hydrogen (secondary N) is 1. The van der Waals surface area contributed by atoms with E-state index < -0.39 is 0 Å². The van der Waals surface area contributed by atoms with Crippen LogP contribution in [0.15, 0.2) is 83.9 Å². The SMILES string of the molecule is Cc1ccc(CNC(=O)[C@@H](C)Sc2nnc(-c3ccccc3)c3ccccc23)cc1. The number of fused-ring (bicyclic) bond motifs is 1. The Balaban J connectivity index is 1.52. The molecule has 0 saturated carbocycles. The first kappa shape index (κ1) is 20.1. The fourth-order valence-electron chi connectivity index (χ4n) is 3.24. The summed E-state index contributed by atoms with van der Waals surface area (Å²) in [6.45, 7) is 4.47. The molecule has 0 aliphatic rings. The van der Waals surface area contributed by atoms with Crippen molar-refractivity contribution in [2.45, 2.75) is 30.7 Å². The highest BCUT2D eigenvalue weighted by Crippen LogP contribution is 2.33. The van der Waals surface area contributed by atoms with Gasteiger partial charge in [0.25, 0.3) is 0 Å². The summed E-state index contributed by atoms with van der Waals surface area (Å²) in [7, 11) is 0. The lowest BCUT2D eigenvalue weighted by Gasteiger charge is -2.14. The summed E-state index contributed by atoms with van der Waals surface area (Å²) in [5.74, 6) is -0.0152. The zero-order valence-corrected chi connectivity index (χ0v) is 17.8. The summed E-state index contributed by atoms with van der Waals surface area (Å²) in [5.41, 5.74) is 4.18. The Labute approximate surface area is 180 Å². The number of thioether (sulfide) groups is 1. The smallest absolute Gasteiger partial charge is 0.233 e. The lowest BCUT2D eigenvalue weighted by molar-refractivity contribution is -0.120. The van der Waals surface area contributed by atoms with Gasteiger partial charge in [-0.2, -0.15) is 0 Å². The van der Waals surface area contributed by atoms with E-state index in [-0.39, 0.29) is 11.2 Å². The molecule has 4 rings (SSSR count). The highest BCUT2D eigenvalue weighted by atomic mass is 32.2. The van der Waals surface area contributed by atoms with Crippen LogP contribution in [0.1, 0.15) is 18.1 Å². The van der Waals surface area contributed by atoms with Gasteiger partial charge in [-0.15, -0.1) is 10.2 Å². The fourth-order valence-corrected chi connectivity index (χ4v) is 4.15. The van der Waals surface area contributed by atoms with Crippen LogP contribution in [0.4, 0.5) is 0 Å². The topological polar surface area (TPSA) is 54.9 Å². The van der Waals surface area contributed by atoms with Crippen LogP contribution in [0.5, 0.6) is 0 Å². The van der Waals surface area contributed by atoms with Gasteiger partial charge in [-0.1, -0.05) is 96.2 Å². The van der Waals surface area contributed by atoms with Gasteiger partial charge in [0.05, 0.1) is 5.25 Å². The van der Waals surface area contributed by atoms with Gasteiger partial charge in [0.1, 0.15) is 10.7 Å². The second-order valence-corrected chi connectivity index (χ2v) is 8.56. The molecule has 3 aromatic carbocycles. The Morgan fingerprint density at radius 3 is 2.30 bits per heavy atom. The summed E-state index contributed by atoms with van der Waals surface area (Å²) >= 11 is 1.44.